The van der Waals surface area contributed by atoms with Crippen molar-refractivity contribution in [2.75, 3.05) is 6.79 Å². The van der Waals surface area contributed by atoms with Crippen molar-refractivity contribution in [2.45, 2.75) is 52.5 Å². The molecule has 0 fully saturated rings. The molecule has 20 heavy (non-hydrogen) atoms. The second-order valence-electron chi connectivity index (χ2n) is 5.27. The van der Waals surface area contributed by atoms with E-state index in [-0.39, 0.29) is 18.7 Å². The van der Waals surface area contributed by atoms with E-state index in [1.54, 1.807) is 6.07 Å². The molecule has 4 nitrogen and oxygen atoms in total. The molecule has 1 N–H and O–H groups in total. The van der Waals surface area contributed by atoms with Gasteiger partial charge in [-0.2, -0.15) is 0 Å². The number of hydrogen-bond acceptors (Lipinski definition) is 3. The molecule has 1 aliphatic rings. The van der Waals surface area contributed by atoms with Crippen molar-refractivity contribution >= 4 is 5.91 Å². The lowest BCUT2D eigenvalue weighted by Crippen LogP contribution is -2.35. The predicted octanol–water partition coefficient (Wildman–Crippen LogP) is 3.42. The summed E-state index contributed by atoms with van der Waals surface area (Å²) in [6, 6.07) is 3.90. The maximum absolute atomic E-state index is 12.4. The molecule has 0 atom stereocenters. The first-order valence-corrected chi connectivity index (χ1v) is 7.36. The second-order valence-corrected chi connectivity index (χ2v) is 5.27. The zero-order chi connectivity index (χ0) is 14.5. The van der Waals surface area contributed by atoms with E-state index >= 15 is 0 Å². The summed E-state index contributed by atoms with van der Waals surface area (Å²) in [5, 5.41) is 3.13. The number of hydrogen-bond donors (Lipinski definition) is 1. The highest BCUT2D eigenvalue weighted by Crippen LogP contribution is 2.34. The topological polar surface area (TPSA) is 47.6 Å². The minimum atomic E-state index is -0.0206. The molecule has 0 radical (unpaired) electrons. The highest BCUT2D eigenvalue weighted by atomic mass is 16.7. The zero-order valence-electron chi connectivity index (χ0n) is 12.5. The van der Waals surface area contributed by atoms with Gasteiger partial charge in [0.15, 0.2) is 11.5 Å². The predicted molar refractivity (Wildman–Crippen MR) is 78.4 cm³/mol. The van der Waals surface area contributed by atoms with Crippen LogP contribution in [0.3, 0.4) is 0 Å². The highest BCUT2D eigenvalue weighted by molar-refractivity contribution is 5.96. The van der Waals surface area contributed by atoms with Crippen molar-refractivity contribution in [2.24, 2.45) is 0 Å². The summed E-state index contributed by atoms with van der Waals surface area (Å²) < 4.78 is 10.7. The minimum absolute atomic E-state index is 0.0206. The normalized spacial score (nSPS) is 12.8. The summed E-state index contributed by atoms with van der Waals surface area (Å²) in [5.41, 5.74) is 1.59. The average Bonchev–Trinajstić information content (AvgIpc) is 2.85. The Morgan fingerprint density at radius 1 is 1.20 bits per heavy atom. The Kier molecular flexibility index (Phi) is 4.88. The summed E-state index contributed by atoms with van der Waals surface area (Å²) in [6.07, 6.45) is 4.18. The molecule has 2 rings (SSSR count). The number of ether oxygens (including phenoxy) is 2. The van der Waals surface area contributed by atoms with Crippen LogP contribution < -0.4 is 14.8 Å². The first-order valence-electron chi connectivity index (χ1n) is 7.36. The third kappa shape index (κ3) is 3.24. The van der Waals surface area contributed by atoms with Gasteiger partial charge in [0.2, 0.25) is 6.79 Å². The molecule has 1 heterocycles. The Bertz CT molecular complexity index is 479. The molecule has 1 aromatic carbocycles. The summed E-state index contributed by atoms with van der Waals surface area (Å²) in [4.78, 5) is 12.4. The van der Waals surface area contributed by atoms with Crippen LogP contribution >= 0.6 is 0 Å². The van der Waals surface area contributed by atoms with Gasteiger partial charge in [0.1, 0.15) is 0 Å². The van der Waals surface area contributed by atoms with Crippen molar-refractivity contribution in [3.05, 3.63) is 23.3 Å². The number of benzene rings is 1. The third-order valence-electron chi connectivity index (χ3n) is 3.57. The standard InChI is InChI=1S/C16H23NO3/c1-4-6-12(7-5-2)17-16(18)13-9-15-14(8-11(13)3)19-10-20-15/h8-9,12H,4-7,10H2,1-3H3,(H,17,18). The van der Waals surface area contributed by atoms with Gasteiger partial charge in [-0.25, -0.2) is 0 Å². The monoisotopic (exact) mass is 277 g/mol. The van der Waals surface area contributed by atoms with Crippen molar-refractivity contribution in [3.8, 4) is 11.5 Å². The van der Waals surface area contributed by atoms with Crippen molar-refractivity contribution < 1.29 is 14.3 Å². The number of aryl methyl sites for hydroxylation is 1. The van der Waals surface area contributed by atoms with Crippen LogP contribution in [0.15, 0.2) is 12.1 Å². The van der Waals surface area contributed by atoms with Crippen LogP contribution in [0.4, 0.5) is 0 Å². The zero-order valence-corrected chi connectivity index (χ0v) is 12.5. The average molecular weight is 277 g/mol. The Balaban J connectivity index is 2.12. The Morgan fingerprint density at radius 3 is 2.40 bits per heavy atom. The van der Waals surface area contributed by atoms with E-state index in [4.69, 9.17) is 9.47 Å². The van der Waals surface area contributed by atoms with Gasteiger partial charge in [0.25, 0.3) is 5.91 Å². The third-order valence-corrected chi connectivity index (χ3v) is 3.57. The van der Waals surface area contributed by atoms with Gasteiger partial charge in [0, 0.05) is 11.6 Å². The van der Waals surface area contributed by atoms with E-state index in [9.17, 15) is 4.79 Å². The van der Waals surface area contributed by atoms with Crippen LogP contribution in [-0.4, -0.2) is 18.7 Å². The highest BCUT2D eigenvalue weighted by Gasteiger charge is 2.20. The number of carbonyl (C=O) groups excluding carboxylic acids is 1. The quantitative estimate of drug-likeness (QED) is 0.866. The minimum Gasteiger partial charge on any atom is -0.454 e. The molecule has 0 aromatic heterocycles. The van der Waals surface area contributed by atoms with E-state index in [2.05, 4.69) is 19.2 Å². The number of rotatable bonds is 6. The maximum atomic E-state index is 12.4. The van der Waals surface area contributed by atoms with Crippen LogP contribution in [0.2, 0.25) is 0 Å². The van der Waals surface area contributed by atoms with Gasteiger partial charge in [-0.1, -0.05) is 26.7 Å². The fourth-order valence-corrected chi connectivity index (χ4v) is 2.54. The SMILES string of the molecule is CCCC(CCC)NC(=O)c1cc2c(cc1C)OCO2. The lowest BCUT2D eigenvalue weighted by atomic mass is 10.0. The molecule has 1 amide bonds. The number of nitrogens with one attached hydrogen (secondary N) is 1. The van der Waals surface area contributed by atoms with Gasteiger partial charge in [-0.15, -0.1) is 0 Å². The molecule has 0 saturated carbocycles. The van der Waals surface area contributed by atoms with Gasteiger partial charge in [-0.05, 0) is 37.5 Å². The van der Waals surface area contributed by atoms with Gasteiger partial charge < -0.3 is 14.8 Å². The summed E-state index contributed by atoms with van der Waals surface area (Å²) in [5.74, 6) is 1.36. The van der Waals surface area contributed by atoms with Crippen molar-refractivity contribution in [1.29, 1.82) is 0 Å². The van der Waals surface area contributed by atoms with E-state index in [0.29, 0.717) is 11.3 Å². The Labute approximate surface area is 120 Å². The molecule has 0 bridgehead atoms. The maximum Gasteiger partial charge on any atom is 0.251 e. The molecular formula is C16H23NO3. The van der Waals surface area contributed by atoms with E-state index in [1.807, 2.05) is 13.0 Å². The lowest BCUT2D eigenvalue weighted by molar-refractivity contribution is 0.0931. The summed E-state index contributed by atoms with van der Waals surface area (Å²) in [6.45, 7) is 6.43. The molecule has 1 aliphatic heterocycles. The van der Waals surface area contributed by atoms with Crippen LogP contribution in [0, 0.1) is 6.92 Å². The second kappa shape index (κ2) is 6.64. The first-order chi connectivity index (χ1) is 9.65. The van der Waals surface area contributed by atoms with Crippen molar-refractivity contribution in [1.82, 2.24) is 5.32 Å². The number of amides is 1. The lowest BCUT2D eigenvalue weighted by Gasteiger charge is -2.18. The van der Waals surface area contributed by atoms with E-state index in [0.717, 1.165) is 37.0 Å². The molecule has 0 saturated heterocycles. The molecule has 4 heteroatoms. The Hall–Kier alpha value is -1.71. The van der Waals surface area contributed by atoms with Crippen LogP contribution in [0.25, 0.3) is 0 Å². The smallest absolute Gasteiger partial charge is 0.251 e. The van der Waals surface area contributed by atoms with Gasteiger partial charge >= 0.3 is 0 Å². The fraction of sp³-hybridized carbons (Fsp3) is 0.562. The summed E-state index contributed by atoms with van der Waals surface area (Å²) in [7, 11) is 0. The molecular weight excluding hydrogens is 254 g/mol. The molecule has 0 unspecified atom stereocenters. The largest absolute Gasteiger partial charge is 0.454 e. The van der Waals surface area contributed by atoms with Gasteiger partial charge in [-0.3, -0.25) is 4.79 Å². The van der Waals surface area contributed by atoms with Crippen LogP contribution in [0.5, 0.6) is 11.5 Å². The van der Waals surface area contributed by atoms with Crippen LogP contribution in [-0.2, 0) is 0 Å². The van der Waals surface area contributed by atoms with Crippen molar-refractivity contribution in [3.63, 3.8) is 0 Å². The number of carbonyl (C=O) groups is 1. The van der Waals surface area contributed by atoms with Gasteiger partial charge in [0.05, 0.1) is 0 Å². The molecule has 0 spiro atoms. The van der Waals surface area contributed by atoms with Crippen LogP contribution in [0.1, 0.15) is 55.5 Å². The fourth-order valence-electron chi connectivity index (χ4n) is 2.54. The molecule has 1 aromatic rings. The Morgan fingerprint density at radius 2 is 1.80 bits per heavy atom. The summed E-state index contributed by atoms with van der Waals surface area (Å²) >= 11 is 0. The molecule has 0 aliphatic carbocycles. The number of fused-ring (bicyclic) bond motifs is 1. The first kappa shape index (κ1) is 14.7. The van der Waals surface area contributed by atoms with E-state index < -0.39 is 0 Å². The molecule has 110 valence electrons. The van der Waals surface area contributed by atoms with E-state index in [1.165, 1.54) is 0 Å².